The van der Waals surface area contributed by atoms with E-state index in [0.717, 1.165) is 31.6 Å². The maximum Gasteiger partial charge on any atom is 0.0480 e. The fourth-order valence-electron chi connectivity index (χ4n) is 3.38. The van der Waals surface area contributed by atoms with E-state index in [1.165, 1.54) is 44.5 Å². The van der Waals surface area contributed by atoms with Gasteiger partial charge in [-0.1, -0.05) is 6.07 Å². The van der Waals surface area contributed by atoms with Gasteiger partial charge in [0.2, 0.25) is 0 Å². The van der Waals surface area contributed by atoms with Gasteiger partial charge in [-0.3, -0.25) is 9.88 Å². The van der Waals surface area contributed by atoms with E-state index in [9.17, 15) is 0 Å². The molecule has 3 heterocycles. The number of ether oxygens (including phenoxy) is 1. The molecule has 3 nitrogen and oxygen atoms in total. The van der Waals surface area contributed by atoms with Crippen LogP contribution in [0.25, 0.3) is 0 Å². The number of rotatable bonds is 4. The van der Waals surface area contributed by atoms with Crippen LogP contribution in [0.3, 0.4) is 0 Å². The number of aromatic nitrogens is 1. The second kappa shape index (κ2) is 6.49. The normalized spacial score (nSPS) is 25.8. The number of likely N-dealkylation sites (tertiary alicyclic amines) is 1. The van der Waals surface area contributed by atoms with Crippen molar-refractivity contribution in [3.8, 4) is 0 Å². The zero-order valence-corrected chi connectivity index (χ0v) is 11.6. The molecule has 0 amide bonds. The number of pyridine rings is 1. The van der Waals surface area contributed by atoms with Crippen LogP contribution in [0, 0.1) is 5.92 Å². The van der Waals surface area contributed by atoms with Crippen LogP contribution >= 0.6 is 0 Å². The van der Waals surface area contributed by atoms with Gasteiger partial charge in [-0.15, -0.1) is 0 Å². The topological polar surface area (TPSA) is 25.4 Å². The Labute approximate surface area is 116 Å². The van der Waals surface area contributed by atoms with Gasteiger partial charge in [-0.25, -0.2) is 0 Å². The molecule has 0 radical (unpaired) electrons. The lowest BCUT2D eigenvalue weighted by molar-refractivity contribution is 0.0410. The minimum absolute atomic E-state index is 0.786. The van der Waals surface area contributed by atoms with E-state index in [1.807, 2.05) is 12.3 Å². The zero-order chi connectivity index (χ0) is 12.9. The highest BCUT2D eigenvalue weighted by Crippen LogP contribution is 2.26. The van der Waals surface area contributed by atoms with Crippen molar-refractivity contribution in [2.75, 3.05) is 26.3 Å². The van der Waals surface area contributed by atoms with Gasteiger partial charge in [-0.05, 0) is 56.7 Å². The first-order valence-corrected chi connectivity index (χ1v) is 7.63. The summed E-state index contributed by atoms with van der Waals surface area (Å²) < 4.78 is 5.46. The van der Waals surface area contributed by atoms with Gasteiger partial charge in [0, 0.05) is 37.7 Å². The Morgan fingerprint density at radius 1 is 1.21 bits per heavy atom. The molecule has 2 saturated heterocycles. The van der Waals surface area contributed by atoms with Crippen LogP contribution in [0.5, 0.6) is 0 Å². The molecule has 1 aromatic rings. The van der Waals surface area contributed by atoms with Crippen molar-refractivity contribution in [1.82, 2.24) is 9.88 Å². The summed E-state index contributed by atoms with van der Waals surface area (Å²) >= 11 is 0. The Morgan fingerprint density at radius 2 is 2.11 bits per heavy atom. The molecule has 0 spiro atoms. The van der Waals surface area contributed by atoms with E-state index in [4.69, 9.17) is 4.74 Å². The van der Waals surface area contributed by atoms with Crippen LogP contribution in [0.1, 0.15) is 31.4 Å². The number of hydrogen-bond acceptors (Lipinski definition) is 3. The van der Waals surface area contributed by atoms with E-state index in [-0.39, 0.29) is 0 Å². The first kappa shape index (κ1) is 13.1. The van der Waals surface area contributed by atoms with Crippen molar-refractivity contribution >= 4 is 0 Å². The minimum Gasteiger partial charge on any atom is -0.381 e. The van der Waals surface area contributed by atoms with Crippen LogP contribution in [0.4, 0.5) is 0 Å². The maximum absolute atomic E-state index is 5.46. The first-order valence-electron chi connectivity index (χ1n) is 7.63. The van der Waals surface area contributed by atoms with E-state index in [2.05, 4.69) is 22.0 Å². The average Bonchev–Trinajstić information content (AvgIpc) is 2.96. The van der Waals surface area contributed by atoms with Gasteiger partial charge in [0.1, 0.15) is 0 Å². The monoisotopic (exact) mass is 260 g/mol. The highest BCUT2D eigenvalue weighted by molar-refractivity contribution is 5.03. The predicted molar refractivity (Wildman–Crippen MR) is 76.1 cm³/mol. The summed E-state index contributed by atoms with van der Waals surface area (Å²) in [5.74, 6) is 0.866. The summed E-state index contributed by atoms with van der Waals surface area (Å²) in [5, 5.41) is 0. The van der Waals surface area contributed by atoms with E-state index < -0.39 is 0 Å². The lowest BCUT2D eigenvalue weighted by atomic mass is 10.0. The van der Waals surface area contributed by atoms with Gasteiger partial charge in [0.05, 0.1) is 0 Å². The molecule has 104 valence electrons. The lowest BCUT2D eigenvalue weighted by Gasteiger charge is -2.31. The molecule has 1 aromatic heterocycles. The Kier molecular flexibility index (Phi) is 4.46. The fourth-order valence-corrected chi connectivity index (χ4v) is 3.38. The Morgan fingerprint density at radius 3 is 2.89 bits per heavy atom. The predicted octanol–water partition coefficient (Wildman–Crippen LogP) is 2.52. The SMILES string of the molecule is c1ccc(CCC2CCN(C3CCOCC3)C2)nc1. The molecule has 3 rings (SSSR count). The van der Waals surface area contributed by atoms with Crippen LogP contribution in [-0.2, 0) is 11.2 Å². The molecule has 3 heteroatoms. The van der Waals surface area contributed by atoms with E-state index in [0.29, 0.717) is 0 Å². The number of aryl methyl sites for hydroxylation is 1. The van der Waals surface area contributed by atoms with Crippen molar-refractivity contribution in [1.29, 1.82) is 0 Å². The summed E-state index contributed by atoms with van der Waals surface area (Å²) in [4.78, 5) is 7.12. The summed E-state index contributed by atoms with van der Waals surface area (Å²) in [7, 11) is 0. The molecule has 0 bridgehead atoms. The molecule has 0 N–H and O–H groups in total. The fraction of sp³-hybridized carbons (Fsp3) is 0.688. The van der Waals surface area contributed by atoms with E-state index >= 15 is 0 Å². The van der Waals surface area contributed by atoms with Crippen LogP contribution in [0.15, 0.2) is 24.4 Å². The van der Waals surface area contributed by atoms with E-state index in [1.54, 1.807) is 0 Å². The first-order chi connectivity index (χ1) is 9.42. The van der Waals surface area contributed by atoms with Gasteiger partial charge >= 0.3 is 0 Å². The average molecular weight is 260 g/mol. The third-order valence-electron chi connectivity index (χ3n) is 4.56. The van der Waals surface area contributed by atoms with Crippen LogP contribution in [-0.4, -0.2) is 42.2 Å². The summed E-state index contributed by atoms with van der Waals surface area (Å²) in [6.07, 6.45) is 8.15. The van der Waals surface area contributed by atoms with Gasteiger partial charge < -0.3 is 4.74 Å². The molecule has 1 unspecified atom stereocenters. The van der Waals surface area contributed by atoms with Crippen molar-refractivity contribution in [3.05, 3.63) is 30.1 Å². The van der Waals surface area contributed by atoms with Gasteiger partial charge in [-0.2, -0.15) is 0 Å². The quantitative estimate of drug-likeness (QED) is 0.832. The molecule has 0 aliphatic carbocycles. The minimum atomic E-state index is 0.786. The van der Waals surface area contributed by atoms with Crippen LogP contribution in [0.2, 0.25) is 0 Å². The van der Waals surface area contributed by atoms with Gasteiger partial charge in [0.25, 0.3) is 0 Å². The molecular weight excluding hydrogens is 236 g/mol. The third-order valence-corrected chi connectivity index (χ3v) is 4.56. The smallest absolute Gasteiger partial charge is 0.0480 e. The van der Waals surface area contributed by atoms with Crippen LogP contribution < -0.4 is 0 Å². The molecule has 19 heavy (non-hydrogen) atoms. The molecular formula is C16H24N2O. The number of nitrogens with zero attached hydrogens (tertiary/aromatic N) is 2. The lowest BCUT2D eigenvalue weighted by Crippen LogP contribution is -2.37. The Bertz CT molecular complexity index is 376. The van der Waals surface area contributed by atoms with Gasteiger partial charge in [0.15, 0.2) is 0 Å². The summed E-state index contributed by atoms with van der Waals surface area (Å²) in [6.45, 7) is 4.49. The van der Waals surface area contributed by atoms with Crippen molar-refractivity contribution in [2.24, 2.45) is 5.92 Å². The second-order valence-electron chi connectivity index (χ2n) is 5.85. The standard InChI is InChI=1S/C16H24N2O/c1-2-9-17-15(3-1)5-4-14-6-10-18(13-14)16-7-11-19-12-8-16/h1-3,9,14,16H,4-8,10-13H2. The zero-order valence-electron chi connectivity index (χ0n) is 11.6. The molecule has 0 saturated carbocycles. The summed E-state index contributed by atoms with van der Waals surface area (Å²) in [5.41, 5.74) is 1.24. The third kappa shape index (κ3) is 3.54. The molecule has 2 aliphatic rings. The molecule has 1 atom stereocenters. The maximum atomic E-state index is 5.46. The van der Waals surface area contributed by atoms with Crippen molar-refractivity contribution in [2.45, 2.75) is 38.1 Å². The molecule has 2 aliphatic heterocycles. The largest absolute Gasteiger partial charge is 0.381 e. The number of hydrogen-bond donors (Lipinski definition) is 0. The Balaban J connectivity index is 1.44. The highest BCUT2D eigenvalue weighted by Gasteiger charge is 2.28. The molecule has 2 fully saturated rings. The Hall–Kier alpha value is -0.930. The summed E-state index contributed by atoms with van der Waals surface area (Å²) in [6, 6.07) is 7.01. The van der Waals surface area contributed by atoms with Crippen molar-refractivity contribution < 1.29 is 4.74 Å². The molecule has 0 aromatic carbocycles. The second-order valence-corrected chi connectivity index (χ2v) is 5.85. The highest BCUT2D eigenvalue weighted by atomic mass is 16.5. The van der Waals surface area contributed by atoms with Crippen molar-refractivity contribution in [3.63, 3.8) is 0 Å².